The minimum atomic E-state index is -2.94. The molecule has 7 aromatic rings. The number of pyridine rings is 1. The van der Waals surface area contributed by atoms with Gasteiger partial charge in [0.1, 0.15) is 7.14 Å². The van der Waals surface area contributed by atoms with Gasteiger partial charge in [0.15, 0.2) is 0 Å². The molecule has 1 heterocycles. The van der Waals surface area contributed by atoms with Crippen molar-refractivity contribution in [3.05, 3.63) is 168 Å². The average Bonchev–Trinajstić information content (AvgIpc) is 3.07. The first-order valence-corrected chi connectivity index (χ1v) is 17.1. The summed E-state index contributed by atoms with van der Waals surface area (Å²) >= 11 is 0. The summed E-state index contributed by atoms with van der Waals surface area (Å²) in [6.45, 7) is 8.65. The van der Waals surface area contributed by atoms with E-state index in [1.807, 2.05) is 103 Å². The molecule has 0 aliphatic heterocycles. The molecule has 0 saturated heterocycles. The van der Waals surface area contributed by atoms with Gasteiger partial charge in [0, 0.05) is 36.9 Å². The fourth-order valence-electron chi connectivity index (χ4n) is 5.79. The van der Waals surface area contributed by atoms with Gasteiger partial charge in [-0.3, -0.25) is 0 Å². The first kappa shape index (κ1) is 33.2. The predicted octanol–water partition coefficient (Wildman–Crippen LogP) is 9.72. The molecule has 0 amide bonds. The third kappa shape index (κ3) is 6.98. The molecule has 0 fully saturated rings. The van der Waals surface area contributed by atoms with Crippen LogP contribution in [0.5, 0.6) is 0 Å². The van der Waals surface area contributed by atoms with E-state index in [-0.39, 0.29) is 20.1 Å². The fourth-order valence-corrected chi connectivity index (χ4v) is 8.40. The molecule has 0 bridgehead atoms. The van der Waals surface area contributed by atoms with Crippen molar-refractivity contribution in [2.45, 2.75) is 33.6 Å². The van der Waals surface area contributed by atoms with E-state index in [4.69, 9.17) is 0 Å². The van der Waals surface area contributed by atoms with Crippen molar-refractivity contribution in [2.24, 2.45) is 0 Å². The predicted molar refractivity (Wildman–Crippen MR) is 192 cm³/mol. The molecule has 0 atom stereocenters. The Morgan fingerprint density at radius 3 is 1.93 bits per heavy atom. The number of nitrogens with zero attached hydrogens (tertiary/aromatic N) is 1. The van der Waals surface area contributed by atoms with Crippen molar-refractivity contribution in [2.75, 3.05) is 0 Å². The number of hydrogen-bond acceptors (Lipinski definition) is 2. The van der Waals surface area contributed by atoms with Crippen LogP contribution in [0.3, 0.4) is 0 Å². The summed E-state index contributed by atoms with van der Waals surface area (Å²) in [5, 5.41) is 7.05. The van der Waals surface area contributed by atoms with Gasteiger partial charge in [0.2, 0.25) is 0 Å². The monoisotopic (exact) mass is 794 g/mol. The van der Waals surface area contributed by atoms with Crippen molar-refractivity contribution < 1.29 is 24.7 Å². The van der Waals surface area contributed by atoms with Gasteiger partial charge in [0.25, 0.3) is 0 Å². The summed E-state index contributed by atoms with van der Waals surface area (Å²) in [7, 11) is -2.94. The zero-order valence-electron chi connectivity index (χ0n) is 26.5. The van der Waals surface area contributed by atoms with E-state index in [9.17, 15) is 4.57 Å². The molecule has 0 aliphatic carbocycles. The topological polar surface area (TPSA) is 30.0 Å². The summed E-state index contributed by atoms with van der Waals surface area (Å²) in [4.78, 5) is 4.60. The van der Waals surface area contributed by atoms with Crippen LogP contribution in [0.4, 0.5) is 0 Å². The molecular formula is C42H36IrNOP-2. The van der Waals surface area contributed by atoms with Gasteiger partial charge in [-0.15, -0.1) is 51.7 Å². The Morgan fingerprint density at radius 2 is 1.30 bits per heavy atom. The molecule has 6 aromatic carbocycles. The van der Waals surface area contributed by atoms with Gasteiger partial charge >= 0.3 is 0 Å². The van der Waals surface area contributed by atoms with Crippen LogP contribution in [-0.4, -0.2) is 4.98 Å². The van der Waals surface area contributed by atoms with Crippen molar-refractivity contribution >= 4 is 44.6 Å². The second-order valence-corrected chi connectivity index (χ2v) is 14.5. The molecule has 0 N–H and O–H groups in total. The molecule has 7 rings (SSSR count). The third-order valence-electron chi connectivity index (χ3n) is 8.10. The zero-order valence-corrected chi connectivity index (χ0v) is 29.8. The van der Waals surface area contributed by atoms with Gasteiger partial charge in [-0.2, -0.15) is 18.2 Å². The molecule has 0 spiro atoms. The van der Waals surface area contributed by atoms with Crippen LogP contribution in [0.1, 0.15) is 36.5 Å². The number of aromatic nitrogens is 1. The Morgan fingerprint density at radius 1 is 0.674 bits per heavy atom. The van der Waals surface area contributed by atoms with Crippen molar-refractivity contribution in [3.8, 4) is 11.3 Å². The standard InChI is InChI=1S/C22H16OP.C20H20N.Ir/c23-24(20-11-3-1-4-12-20,21-13-5-2-6-14-21)22-16-15-18-9-7-8-10-19(18)17-22;1-13(2)16-5-6-19-17(12-16)7-8-21-20(19)18-10-14(3)9-15(4)11-18;/h1-15,17H;5-10,12-13H,1-4H3;/q2*-1;. The molecule has 2 nitrogen and oxygen atoms in total. The Hall–Kier alpha value is -4.13. The SMILES string of the molecule is Cc1[c-]c(-c2nccc3cc(C(C)C)ccc23)cc(C)c1.O=P(c1[c-]cc2ccccc2c1)(c1ccccc1)c1ccccc1.[Ir]. The van der Waals surface area contributed by atoms with E-state index in [0.717, 1.165) is 43.5 Å². The maximum atomic E-state index is 14.2. The van der Waals surface area contributed by atoms with Crippen molar-refractivity contribution in [1.82, 2.24) is 4.98 Å². The van der Waals surface area contributed by atoms with Crippen LogP contribution in [0.25, 0.3) is 32.8 Å². The normalized spacial score (nSPS) is 11.2. The Balaban J connectivity index is 0.000000179. The first-order chi connectivity index (χ1) is 21.8. The minimum Gasteiger partial charge on any atom is -0.311 e. The number of hydrogen-bond donors (Lipinski definition) is 0. The van der Waals surface area contributed by atoms with Crippen LogP contribution in [0.15, 0.2) is 140 Å². The molecule has 0 aliphatic rings. The van der Waals surface area contributed by atoms with Gasteiger partial charge in [-0.1, -0.05) is 130 Å². The number of aryl methyl sites for hydroxylation is 2. The molecular weight excluding hydrogens is 758 g/mol. The average molecular weight is 794 g/mol. The van der Waals surface area contributed by atoms with Crippen molar-refractivity contribution in [3.63, 3.8) is 0 Å². The molecule has 46 heavy (non-hydrogen) atoms. The second kappa shape index (κ2) is 14.5. The number of benzene rings is 6. The number of fused-ring (bicyclic) bond motifs is 2. The van der Waals surface area contributed by atoms with E-state index in [0.29, 0.717) is 5.92 Å². The Labute approximate surface area is 286 Å². The van der Waals surface area contributed by atoms with E-state index in [1.54, 1.807) is 0 Å². The smallest absolute Gasteiger partial charge is 0.147 e. The molecule has 231 valence electrons. The number of rotatable bonds is 5. The quantitative estimate of drug-likeness (QED) is 0.128. The van der Waals surface area contributed by atoms with E-state index >= 15 is 0 Å². The fraction of sp³-hybridized carbons (Fsp3) is 0.119. The van der Waals surface area contributed by atoms with Crippen molar-refractivity contribution in [1.29, 1.82) is 0 Å². The second-order valence-electron chi connectivity index (χ2n) is 11.8. The van der Waals surface area contributed by atoms with Gasteiger partial charge in [-0.25, -0.2) is 0 Å². The van der Waals surface area contributed by atoms with Crippen LogP contribution in [-0.2, 0) is 24.7 Å². The molecule has 1 radical (unpaired) electrons. The summed E-state index contributed by atoms with van der Waals surface area (Å²) in [6.07, 6.45) is 1.90. The minimum absolute atomic E-state index is 0. The van der Waals surface area contributed by atoms with Crippen LogP contribution in [0, 0.1) is 26.0 Å². The zero-order chi connectivity index (χ0) is 31.4. The summed E-state index contributed by atoms with van der Waals surface area (Å²) < 4.78 is 14.2. The summed E-state index contributed by atoms with van der Waals surface area (Å²) in [5.74, 6) is 0.541. The van der Waals surface area contributed by atoms with Crippen LogP contribution in [0.2, 0.25) is 0 Å². The van der Waals surface area contributed by atoms with Crippen LogP contribution >= 0.6 is 7.14 Å². The summed E-state index contributed by atoms with van der Waals surface area (Å²) in [5.41, 5.74) is 5.87. The Bertz CT molecular complexity index is 2080. The van der Waals surface area contributed by atoms with E-state index in [2.05, 4.69) is 81.2 Å². The maximum Gasteiger partial charge on any atom is 0.147 e. The van der Waals surface area contributed by atoms with Gasteiger partial charge in [-0.05, 0) is 34.0 Å². The molecule has 4 heteroatoms. The first-order valence-electron chi connectivity index (χ1n) is 15.3. The molecule has 0 unspecified atom stereocenters. The Kier molecular flexibility index (Phi) is 10.5. The molecule has 1 aromatic heterocycles. The van der Waals surface area contributed by atoms with Gasteiger partial charge in [0.05, 0.1) is 0 Å². The third-order valence-corrected chi connectivity index (χ3v) is 11.1. The van der Waals surface area contributed by atoms with Crippen LogP contribution < -0.4 is 15.9 Å². The summed E-state index contributed by atoms with van der Waals surface area (Å²) in [6, 6.07) is 51.2. The van der Waals surface area contributed by atoms with Gasteiger partial charge < -0.3 is 9.55 Å². The van der Waals surface area contributed by atoms with E-state index < -0.39 is 7.14 Å². The van der Waals surface area contributed by atoms with E-state index in [1.165, 1.54) is 21.9 Å². The molecule has 0 saturated carbocycles. The maximum absolute atomic E-state index is 14.2. The largest absolute Gasteiger partial charge is 0.311 e.